The van der Waals surface area contributed by atoms with Crippen molar-refractivity contribution in [1.82, 2.24) is 15.0 Å². The molecule has 0 aromatic carbocycles. The van der Waals surface area contributed by atoms with E-state index < -0.39 is 0 Å². The Morgan fingerprint density at radius 2 is 2.10 bits per heavy atom. The molecule has 0 saturated heterocycles. The fourth-order valence-electron chi connectivity index (χ4n) is 1.63. The molecule has 0 amide bonds. The zero-order valence-electron chi connectivity index (χ0n) is 10.8. The molecule has 0 atom stereocenters. The Morgan fingerprint density at radius 1 is 1.30 bits per heavy atom. The van der Waals surface area contributed by atoms with Crippen LogP contribution >= 0.6 is 35.0 Å². The number of aryl methyl sites for hydroxylation is 1. The van der Waals surface area contributed by atoms with Crippen LogP contribution in [0, 0.1) is 0 Å². The Kier molecular flexibility index (Phi) is 5.46. The molecule has 0 aliphatic heterocycles. The lowest BCUT2D eigenvalue weighted by Crippen LogP contribution is -2.10. The third-order valence-electron chi connectivity index (χ3n) is 2.54. The number of nitrogens with zero attached hydrogens (tertiary/aromatic N) is 2. The molecule has 20 heavy (non-hydrogen) atoms. The van der Waals surface area contributed by atoms with Crippen molar-refractivity contribution < 1.29 is 0 Å². The zero-order valence-corrected chi connectivity index (χ0v) is 13.1. The monoisotopic (exact) mass is 329 g/mol. The van der Waals surface area contributed by atoms with Crippen molar-refractivity contribution in [2.24, 2.45) is 0 Å². The summed E-state index contributed by atoms with van der Waals surface area (Å²) < 4.78 is 0. The van der Waals surface area contributed by atoms with E-state index in [-0.39, 0.29) is 5.56 Å². The highest BCUT2D eigenvalue weighted by molar-refractivity contribution is 7.98. The lowest BCUT2D eigenvalue weighted by Gasteiger charge is -2.05. The van der Waals surface area contributed by atoms with Gasteiger partial charge in [0.1, 0.15) is 10.3 Å². The second-order valence-corrected chi connectivity index (χ2v) is 5.87. The van der Waals surface area contributed by atoms with Gasteiger partial charge in [0.2, 0.25) is 0 Å². The van der Waals surface area contributed by atoms with Crippen LogP contribution in [0.4, 0.5) is 0 Å². The largest absolute Gasteiger partial charge is 0.301 e. The molecule has 2 aromatic heterocycles. The zero-order chi connectivity index (χ0) is 14.5. The SMILES string of the molecule is CCCc1cc(=O)[nH]c(SCc2ccc(Cl)nc2Cl)n1. The van der Waals surface area contributed by atoms with Gasteiger partial charge in [-0.25, -0.2) is 9.97 Å². The Balaban J connectivity index is 2.12. The summed E-state index contributed by atoms with van der Waals surface area (Å²) in [6.07, 6.45) is 1.74. The molecule has 2 aromatic rings. The van der Waals surface area contributed by atoms with E-state index >= 15 is 0 Å². The summed E-state index contributed by atoms with van der Waals surface area (Å²) >= 11 is 13.2. The van der Waals surface area contributed by atoms with Crippen LogP contribution in [-0.4, -0.2) is 15.0 Å². The first-order chi connectivity index (χ1) is 9.58. The lowest BCUT2D eigenvalue weighted by atomic mass is 10.2. The topological polar surface area (TPSA) is 58.6 Å². The van der Waals surface area contributed by atoms with Crippen LogP contribution in [0.5, 0.6) is 0 Å². The minimum absolute atomic E-state index is 0.133. The van der Waals surface area contributed by atoms with Gasteiger partial charge < -0.3 is 4.98 Å². The van der Waals surface area contributed by atoms with E-state index in [9.17, 15) is 4.79 Å². The predicted octanol–water partition coefficient (Wildman–Crippen LogP) is 3.72. The smallest absolute Gasteiger partial charge is 0.251 e. The number of nitrogens with one attached hydrogen (secondary N) is 1. The van der Waals surface area contributed by atoms with Crippen LogP contribution in [0.25, 0.3) is 0 Å². The molecular formula is C13H13Cl2N3OS. The first kappa shape index (κ1) is 15.4. The summed E-state index contributed by atoms with van der Waals surface area (Å²) in [4.78, 5) is 22.6. The molecule has 4 nitrogen and oxygen atoms in total. The van der Waals surface area contributed by atoms with Crippen LogP contribution in [0.15, 0.2) is 28.2 Å². The van der Waals surface area contributed by atoms with E-state index in [2.05, 4.69) is 21.9 Å². The van der Waals surface area contributed by atoms with E-state index in [4.69, 9.17) is 23.2 Å². The van der Waals surface area contributed by atoms with Gasteiger partial charge in [-0.05, 0) is 18.1 Å². The third-order valence-corrected chi connectivity index (χ3v) is 4.00. The Morgan fingerprint density at radius 3 is 2.80 bits per heavy atom. The highest BCUT2D eigenvalue weighted by Gasteiger charge is 2.06. The van der Waals surface area contributed by atoms with Crippen molar-refractivity contribution >= 4 is 35.0 Å². The van der Waals surface area contributed by atoms with E-state index in [1.807, 2.05) is 6.07 Å². The van der Waals surface area contributed by atoms with Crippen LogP contribution in [0.3, 0.4) is 0 Å². The maximum Gasteiger partial charge on any atom is 0.251 e. The maximum absolute atomic E-state index is 11.5. The number of hydrogen-bond acceptors (Lipinski definition) is 4. The lowest BCUT2D eigenvalue weighted by molar-refractivity contribution is 0.816. The molecular weight excluding hydrogens is 317 g/mol. The molecule has 0 spiro atoms. The van der Waals surface area contributed by atoms with E-state index in [0.29, 0.717) is 21.2 Å². The molecule has 2 rings (SSSR count). The van der Waals surface area contributed by atoms with Gasteiger partial charge >= 0.3 is 0 Å². The summed E-state index contributed by atoms with van der Waals surface area (Å²) in [5, 5.41) is 1.32. The van der Waals surface area contributed by atoms with Gasteiger partial charge in [0.25, 0.3) is 5.56 Å². The highest BCUT2D eigenvalue weighted by atomic mass is 35.5. The summed E-state index contributed by atoms with van der Waals surface area (Å²) in [6.45, 7) is 2.05. The second kappa shape index (κ2) is 7.11. The summed E-state index contributed by atoms with van der Waals surface area (Å²) in [7, 11) is 0. The van der Waals surface area contributed by atoms with E-state index in [1.165, 1.54) is 17.8 Å². The van der Waals surface area contributed by atoms with Gasteiger partial charge in [0.15, 0.2) is 5.16 Å². The van der Waals surface area contributed by atoms with Crippen LogP contribution < -0.4 is 5.56 Å². The number of pyridine rings is 1. The number of halogens is 2. The Labute approximate surface area is 130 Å². The first-order valence-corrected chi connectivity index (χ1v) is 7.86. The van der Waals surface area contributed by atoms with Crippen molar-refractivity contribution in [3.8, 4) is 0 Å². The molecule has 7 heteroatoms. The minimum atomic E-state index is -0.133. The van der Waals surface area contributed by atoms with Gasteiger partial charge in [-0.3, -0.25) is 4.79 Å². The predicted molar refractivity (Wildman–Crippen MR) is 82.7 cm³/mol. The van der Waals surface area contributed by atoms with Gasteiger partial charge in [-0.1, -0.05) is 54.4 Å². The fourth-order valence-corrected chi connectivity index (χ4v) is 3.00. The van der Waals surface area contributed by atoms with Crippen molar-refractivity contribution in [2.75, 3.05) is 0 Å². The Bertz CT molecular complexity index is 660. The minimum Gasteiger partial charge on any atom is -0.301 e. The van der Waals surface area contributed by atoms with Crippen LogP contribution in [-0.2, 0) is 12.2 Å². The molecule has 0 aliphatic carbocycles. The van der Waals surface area contributed by atoms with Crippen LogP contribution in [0.1, 0.15) is 24.6 Å². The molecule has 1 N–H and O–H groups in total. The van der Waals surface area contributed by atoms with Gasteiger partial charge in [0.05, 0.1) is 0 Å². The first-order valence-electron chi connectivity index (χ1n) is 6.12. The van der Waals surface area contributed by atoms with E-state index in [0.717, 1.165) is 24.1 Å². The molecule has 0 unspecified atom stereocenters. The van der Waals surface area contributed by atoms with Gasteiger partial charge in [-0.15, -0.1) is 0 Å². The van der Waals surface area contributed by atoms with Crippen LogP contribution in [0.2, 0.25) is 10.3 Å². The Hall–Kier alpha value is -1.04. The van der Waals surface area contributed by atoms with Crippen molar-refractivity contribution in [2.45, 2.75) is 30.7 Å². The summed E-state index contributed by atoms with van der Waals surface area (Å²) in [5.74, 6) is 0.571. The highest BCUT2D eigenvalue weighted by Crippen LogP contribution is 2.24. The quantitative estimate of drug-likeness (QED) is 0.516. The third kappa shape index (κ3) is 4.23. The van der Waals surface area contributed by atoms with E-state index in [1.54, 1.807) is 6.07 Å². The molecule has 106 valence electrons. The van der Waals surface area contributed by atoms with Gasteiger partial charge in [0, 0.05) is 17.5 Å². The number of rotatable bonds is 5. The van der Waals surface area contributed by atoms with Crippen molar-refractivity contribution in [3.05, 3.63) is 50.1 Å². The second-order valence-electron chi connectivity index (χ2n) is 4.16. The molecule has 0 saturated carbocycles. The molecule has 0 bridgehead atoms. The number of aromatic nitrogens is 3. The number of aromatic amines is 1. The molecule has 0 aliphatic rings. The average molecular weight is 330 g/mol. The van der Waals surface area contributed by atoms with Crippen molar-refractivity contribution in [1.29, 1.82) is 0 Å². The molecule has 0 radical (unpaired) electrons. The van der Waals surface area contributed by atoms with Gasteiger partial charge in [-0.2, -0.15) is 0 Å². The maximum atomic E-state index is 11.5. The molecule has 2 heterocycles. The summed E-state index contributed by atoms with van der Waals surface area (Å²) in [5.41, 5.74) is 1.52. The number of hydrogen-bond donors (Lipinski definition) is 1. The summed E-state index contributed by atoms with van der Waals surface area (Å²) in [6, 6.07) is 5.04. The fraction of sp³-hybridized carbons (Fsp3) is 0.308. The number of H-pyrrole nitrogens is 1. The van der Waals surface area contributed by atoms with Crippen molar-refractivity contribution in [3.63, 3.8) is 0 Å². The normalized spacial score (nSPS) is 10.8. The number of thioether (sulfide) groups is 1. The molecule has 0 fully saturated rings. The average Bonchev–Trinajstić information content (AvgIpc) is 2.37. The standard InChI is InChI=1S/C13H13Cl2N3OS/c1-2-3-9-6-11(19)18-13(16-9)20-7-8-4-5-10(14)17-12(8)15/h4-6H,2-3,7H2,1H3,(H,16,18,19).